The van der Waals surface area contributed by atoms with Gasteiger partial charge in [0.05, 0.1) is 14.2 Å². The molecule has 0 saturated carbocycles. The highest BCUT2D eigenvalue weighted by Crippen LogP contribution is 2.26. The largest absolute Gasteiger partial charge is 0.467 e. The van der Waals surface area contributed by atoms with Crippen LogP contribution in [0.4, 0.5) is 4.79 Å². The third-order valence-electron chi connectivity index (χ3n) is 7.08. The number of carbonyl (C=O) groups is 5. The van der Waals surface area contributed by atoms with Gasteiger partial charge in [-0.15, -0.1) is 0 Å². The number of fused-ring (bicyclic) bond motifs is 1. The molecule has 1 aromatic heterocycles. The first kappa shape index (κ1) is 33.2. The first-order valence-corrected chi connectivity index (χ1v) is 14.3. The third kappa shape index (κ3) is 8.59. The van der Waals surface area contributed by atoms with Crippen molar-refractivity contribution in [2.24, 2.45) is 5.92 Å². The number of likely N-dealkylation sites (tertiary alicyclic amines) is 1. The molecule has 0 spiro atoms. The molecule has 0 unspecified atom stereocenters. The molecule has 12 heteroatoms. The highest BCUT2D eigenvalue weighted by molar-refractivity contribution is 5.95. The fraction of sp³-hybridized carbons (Fsp3) is 0.516. The van der Waals surface area contributed by atoms with Gasteiger partial charge in [-0.05, 0) is 57.2 Å². The Balaban J connectivity index is 1.98. The number of para-hydroxylation sites is 1. The maximum absolute atomic E-state index is 13.8. The zero-order valence-electron chi connectivity index (χ0n) is 25.8. The summed E-state index contributed by atoms with van der Waals surface area (Å²) in [6.07, 6.45) is 3.19. The van der Waals surface area contributed by atoms with E-state index in [9.17, 15) is 24.0 Å². The number of ether oxygens (including phenoxy) is 3. The van der Waals surface area contributed by atoms with E-state index in [2.05, 4.69) is 15.6 Å². The van der Waals surface area contributed by atoms with Gasteiger partial charge in [0.1, 0.15) is 23.7 Å². The van der Waals surface area contributed by atoms with Crippen molar-refractivity contribution < 1.29 is 38.2 Å². The minimum atomic E-state index is -1.15. The number of amides is 3. The maximum atomic E-state index is 13.8. The van der Waals surface area contributed by atoms with Crippen LogP contribution >= 0.6 is 0 Å². The molecule has 3 atom stereocenters. The summed E-state index contributed by atoms with van der Waals surface area (Å²) in [5.74, 6) is -2.60. The average molecular weight is 599 g/mol. The van der Waals surface area contributed by atoms with Gasteiger partial charge >= 0.3 is 18.0 Å². The lowest BCUT2D eigenvalue weighted by Gasteiger charge is -2.29. The summed E-state index contributed by atoms with van der Waals surface area (Å²) in [5.41, 5.74) is 1.22. The predicted octanol–water partition coefficient (Wildman–Crippen LogP) is 3.09. The van der Waals surface area contributed by atoms with Crippen LogP contribution < -0.4 is 10.6 Å². The number of carbonyl (C=O) groups excluding carboxylic acids is 5. The van der Waals surface area contributed by atoms with Crippen LogP contribution in [-0.4, -0.2) is 84.2 Å². The van der Waals surface area contributed by atoms with Crippen molar-refractivity contribution in [2.45, 2.75) is 77.6 Å². The van der Waals surface area contributed by atoms with E-state index < -0.39 is 53.6 Å². The first-order valence-electron chi connectivity index (χ1n) is 14.3. The number of nitrogens with one attached hydrogen (secondary N) is 3. The SMILES string of the molecule is COC(=O)/C=C/c1[nH]c2ccccc2c1C[C@H](NC(=O)[C@@H]1CCCN1C(=O)OC(C)(C)C)C(=O)N[C@H](C(=O)OC)C(C)C. The van der Waals surface area contributed by atoms with Crippen molar-refractivity contribution in [2.75, 3.05) is 20.8 Å². The molecule has 43 heavy (non-hydrogen) atoms. The van der Waals surface area contributed by atoms with Gasteiger partial charge in [-0.1, -0.05) is 32.0 Å². The molecule has 12 nitrogen and oxygen atoms in total. The summed E-state index contributed by atoms with van der Waals surface area (Å²) in [6.45, 7) is 9.11. The number of aromatic amines is 1. The Morgan fingerprint density at radius 3 is 2.40 bits per heavy atom. The minimum Gasteiger partial charge on any atom is -0.467 e. The molecule has 2 aromatic rings. The van der Waals surface area contributed by atoms with E-state index in [0.29, 0.717) is 30.6 Å². The standard InChI is InChI=1S/C31H42N4O8/c1-18(2)26(29(39)42-7)34-27(37)23(33-28(38)24-13-10-16-35(24)30(40)43-31(3,4)5)17-20-19-11-8-9-12-21(19)32-22(20)14-15-25(36)41-6/h8-9,11-12,14-15,18,23-24,26,32H,10,13,16-17H2,1-7H3,(H,33,38)(H,34,37)/b15-14+/t23-,24-,26-/m0/s1. The van der Waals surface area contributed by atoms with Gasteiger partial charge in [0, 0.05) is 35.6 Å². The summed E-state index contributed by atoms with van der Waals surface area (Å²) < 4.78 is 15.1. The van der Waals surface area contributed by atoms with Crippen molar-refractivity contribution in [1.29, 1.82) is 0 Å². The van der Waals surface area contributed by atoms with Gasteiger partial charge in [-0.25, -0.2) is 14.4 Å². The van der Waals surface area contributed by atoms with Gasteiger partial charge in [-0.2, -0.15) is 0 Å². The Hall–Kier alpha value is -4.35. The molecule has 0 aliphatic carbocycles. The molecular weight excluding hydrogens is 556 g/mol. The molecule has 1 aromatic carbocycles. The molecule has 3 rings (SSSR count). The summed E-state index contributed by atoms with van der Waals surface area (Å²) >= 11 is 0. The smallest absolute Gasteiger partial charge is 0.410 e. The minimum absolute atomic E-state index is 0.00752. The van der Waals surface area contributed by atoms with Crippen molar-refractivity contribution >= 4 is 46.8 Å². The van der Waals surface area contributed by atoms with Crippen molar-refractivity contribution in [3.05, 3.63) is 41.6 Å². The molecule has 1 aliphatic heterocycles. The first-order chi connectivity index (χ1) is 20.2. The second-order valence-electron chi connectivity index (χ2n) is 11.8. The number of H-pyrrole nitrogens is 1. The molecule has 0 radical (unpaired) electrons. The number of hydrogen-bond acceptors (Lipinski definition) is 8. The van der Waals surface area contributed by atoms with Crippen LogP contribution in [0.5, 0.6) is 0 Å². The quantitative estimate of drug-likeness (QED) is 0.214. The predicted molar refractivity (Wildman–Crippen MR) is 160 cm³/mol. The molecule has 1 aliphatic rings. The Morgan fingerprint density at radius 2 is 1.77 bits per heavy atom. The second kappa shape index (κ2) is 14.2. The fourth-order valence-electron chi connectivity index (χ4n) is 4.94. The van der Waals surface area contributed by atoms with Crippen LogP contribution in [0.15, 0.2) is 30.3 Å². The van der Waals surface area contributed by atoms with Gasteiger partial charge in [0.15, 0.2) is 0 Å². The molecule has 3 N–H and O–H groups in total. The second-order valence-corrected chi connectivity index (χ2v) is 11.8. The number of benzene rings is 1. The highest BCUT2D eigenvalue weighted by atomic mass is 16.6. The third-order valence-corrected chi connectivity index (χ3v) is 7.08. The van der Waals surface area contributed by atoms with E-state index in [-0.39, 0.29) is 12.3 Å². The summed E-state index contributed by atoms with van der Waals surface area (Å²) in [5, 5.41) is 6.34. The zero-order valence-corrected chi connectivity index (χ0v) is 25.8. The average Bonchev–Trinajstić information content (AvgIpc) is 3.58. The highest BCUT2D eigenvalue weighted by Gasteiger charge is 2.39. The zero-order chi connectivity index (χ0) is 31.9. The molecule has 1 saturated heterocycles. The summed E-state index contributed by atoms with van der Waals surface area (Å²) in [7, 11) is 2.51. The van der Waals surface area contributed by atoms with Crippen LogP contribution in [0.25, 0.3) is 17.0 Å². The Kier molecular flexibility index (Phi) is 11.0. The molecule has 3 amide bonds. The number of nitrogens with zero attached hydrogens (tertiary/aromatic N) is 1. The van der Waals surface area contributed by atoms with E-state index in [0.717, 1.165) is 10.9 Å². The van der Waals surface area contributed by atoms with Gasteiger partial charge in [-0.3, -0.25) is 14.5 Å². The van der Waals surface area contributed by atoms with Gasteiger partial charge in [0.25, 0.3) is 0 Å². The van der Waals surface area contributed by atoms with E-state index >= 15 is 0 Å². The Bertz CT molecular complexity index is 1370. The van der Waals surface area contributed by atoms with E-state index in [4.69, 9.17) is 14.2 Å². The Morgan fingerprint density at radius 1 is 1.07 bits per heavy atom. The molecule has 1 fully saturated rings. The van der Waals surface area contributed by atoms with Gasteiger partial charge < -0.3 is 29.8 Å². The Labute approximate surface area is 251 Å². The lowest BCUT2D eigenvalue weighted by Crippen LogP contribution is -2.57. The van der Waals surface area contributed by atoms with Crippen LogP contribution in [0.1, 0.15) is 58.7 Å². The molecule has 0 bridgehead atoms. The van der Waals surface area contributed by atoms with E-state index in [1.807, 2.05) is 24.3 Å². The van der Waals surface area contributed by atoms with Crippen LogP contribution in [0, 0.1) is 5.92 Å². The maximum Gasteiger partial charge on any atom is 0.410 e. The topological polar surface area (TPSA) is 156 Å². The number of rotatable bonds is 10. The van der Waals surface area contributed by atoms with Crippen LogP contribution in [0.2, 0.25) is 0 Å². The fourth-order valence-corrected chi connectivity index (χ4v) is 4.94. The summed E-state index contributed by atoms with van der Waals surface area (Å²) in [4.78, 5) is 69.2. The number of methoxy groups -OCH3 is 2. The summed E-state index contributed by atoms with van der Waals surface area (Å²) in [6, 6.07) is 4.45. The normalized spacial score (nSPS) is 16.7. The van der Waals surface area contributed by atoms with Gasteiger partial charge in [0.2, 0.25) is 11.8 Å². The lowest BCUT2D eigenvalue weighted by atomic mass is 9.99. The van der Waals surface area contributed by atoms with Crippen LogP contribution in [-0.2, 0) is 39.8 Å². The van der Waals surface area contributed by atoms with E-state index in [1.54, 1.807) is 40.7 Å². The van der Waals surface area contributed by atoms with Crippen molar-refractivity contribution in [1.82, 2.24) is 20.5 Å². The van der Waals surface area contributed by atoms with E-state index in [1.165, 1.54) is 25.2 Å². The van der Waals surface area contributed by atoms with Crippen LogP contribution in [0.3, 0.4) is 0 Å². The number of aromatic nitrogens is 1. The molecule has 2 heterocycles. The van der Waals surface area contributed by atoms with Crippen molar-refractivity contribution in [3.63, 3.8) is 0 Å². The molecule has 234 valence electrons. The lowest BCUT2D eigenvalue weighted by molar-refractivity contribution is -0.146. The number of esters is 2. The number of hydrogen-bond donors (Lipinski definition) is 3. The van der Waals surface area contributed by atoms with Crippen molar-refractivity contribution in [3.8, 4) is 0 Å². The monoisotopic (exact) mass is 598 g/mol. The molecular formula is C31H42N4O8.